The van der Waals surface area contributed by atoms with Crippen molar-refractivity contribution >= 4 is 29.5 Å². The molecule has 0 aromatic carbocycles. The molecule has 4 aliphatic rings. The molecular formula is C25H41N3O6S. The first-order valence-corrected chi connectivity index (χ1v) is 14.0. The van der Waals surface area contributed by atoms with Crippen molar-refractivity contribution in [3.8, 4) is 0 Å². The number of rotatable bonds is 10. The second-order valence-corrected chi connectivity index (χ2v) is 12.0. The minimum Gasteiger partial charge on any atom is -0.466 e. The molecule has 4 aliphatic heterocycles. The maximum atomic E-state index is 14.1. The zero-order valence-corrected chi connectivity index (χ0v) is 22.2. The van der Waals surface area contributed by atoms with Crippen LogP contribution in [0.5, 0.6) is 0 Å². The first kappa shape index (κ1) is 26.7. The molecule has 2 amide bonds. The molecule has 4 heterocycles. The van der Waals surface area contributed by atoms with Crippen molar-refractivity contribution < 1.29 is 29.0 Å². The Kier molecular flexibility index (Phi) is 8.35. The van der Waals surface area contributed by atoms with E-state index in [9.17, 15) is 19.5 Å². The predicted molar refractivity (Wildman–Crippen MR) is 133 cm³/mol. The smallest absolute Gasteiger partial charge is 0.310 e. The molecule has 4 fully saturated rings. The van der Waals surface area contributed by atoms with Gasteiger partial charge in [-0.25, -0.2) is 0 Å². The molecule has 8 atom stereocenters. The summed E-state index contributed by atoms with van der Waals surface area (Å²) >= 11 is 1.64. The van der Waals surface area contributed by atoms with Gasteiger partial charge in [-0.2, -0.15) is 0 Å². The van der Waals surface area contributed by atoms with Gasteiger partial charge in [-0.3, -0.25) is 19.3 Å². The Morgan fingerprint density at radius 3 is 2.66 bits per heavy atom. The summed E-state index contributed by atoms with van der Waals surface area (Å²) in [7, 11) is 0. The molecule has 4 saturated heterocycles. The number of hydrogen-bond donors (Lipinski definition) is 2. The van der Waals surface area contributed by atoms with E-state index in [1.165, 1.54) is 0 Å². The van der Waals surface area contributed by atoms with Crippen LogP contribution >= 0.6 is 11.8 Å². The van der Waals surface area contributed by atoms with Crippen LogP contribution < -0.4 is 5.32 Å². The molecule has 0 aromatic heterocycles. The maximum Gasteiger partial charge on any atom is 0.310 e. The van der Waals surface area contributed by atoms with Gasteiger partial charge in [0.2, 0.25) is 11.8 Å². The minimum atomic E-state index is -0.722. The van der Waals surface area contributed by atoms with Gasteiger partial charge in [0.15, 0.2) is 0 Å². The molecule has 3 unspecified atom stereocenters. The zero-order chi connectivity index (χ0) is 25.3. The number of thioether (sulfide) groups is 1. The molecule has 0 aromatic rings. The second-order valence-electron chi connectivity index (χ2n) is 10.4. The van der Waals surface area contributed by atoms with Gasteiger partial charge in [-0.1, -0.05) is 27.2 Å². The zero-order valence-electron chi connectivity index (χ0n) is 21.4. The fourth-order valence-electron chi connectivity index (χ4n) is 6.70. The molecule has 198 valence electrons. The summed E-state index contributed by atoms with van der Waals surface area (Å²) < 4.78 is 10.1. The van der Waals surface area contributed by atoms with Gasteiger partial charge >= 0.3 is 5.97 Å². The standard InChI is InChI=1S/C25H41N3O6S/c1-5-15(3)17(14-29)28-21(22(30)26-7-8-27-9-11-33-12-10-27)25-16(4)13-18(35-25)19(20(25)23(28)31)24(32)34-6-2/h15-21,29H,5-14H2,1-4H3,(H,26,30)/t15-,16?,17-,18+,19-,20-,21?,25?/m0/s1. The highest BCUT2D eigenvalue weighted by Gasteiger charge is 2.77. The van der Waals surface area contributed by atoms with Gasteiger partial charge in [0.25, 0.3) is 0 Å². The number of carbonyl (C=O) groups is 3. The lowest BCUT2D eigenvalue weighted by Gasteiger charge is -2.41. The largest absolute Gasteiger partial charge is 0.466 e. The fourth-order valence-corrected chi connectivity index (χ4v) is 9.09. The number of fused-ring (bicyclic) bond motifs is 1. The topological polar surface area (TPSA) is 108 Å². The molecule has 0 aliphatic carbocycles. The number of aliphatic hydroxyl groups excluding tert-OH is 1. The molecule has 4 rings (SSSR count). The van der Waals surface area contributed by atoms with Gasteiger partial charge in [-0.15, -0.1) is 11.8 Å². The van der Waals surface area contributed by atoms with Gasteiger partial charge in [-0.05, 0) is 25.2 Å². The van der Waals surface area contributed by atoms with Crippen molar-refractivity contribution in [2.75, 3.05) is 52.6 Å². The summed E-state index contributed by atoms with van der Waals surface area (Å²) in [6, 6.07) is -1.20. The number of ether oxygens (including phenoxy) is 2. The molecule has 2 N–H and O–H groups in total. The average molecular weight is 512 g/mol. The number of carbonyl (C=O) groups excluding carboxylic acids is 3. The van der Waals surface area contributed by atoms with E-state index in [0.29, 0.717) is 19.8 Å². The summed E-state index contributed by atoms with van der Waals surface area (Å²) in [5.74, 6) is -1.75. The molecule has 0 saturated carbocycles. The van der Waals surface area contributed by atoms with Crippen LogP contribution in [-0.4, -0.2) is 107 Å². The van der Waals surface area contributed by atoms with Crippen LogP contribution in [0.1, 0.15) is 40.5 Å². The normalized spacial score (nSPS) is 36.2. The van der Waals surface area contributed by atoms with Crippen LogP contribution in [0.4, 0.5) is 0 Å². The fraction of sp³-hybridized carbons (Fsp3) is 0.880. The van der Waals surface area contributed by atoms with Crippen molar-refractivity contribution in [1.82, 2.24) is 15.1 Å². The summed E-state index contributed by atoms with van der Waals surface area (Å²) in [5, 5.41) is 13.4. The highest BCUT2D eigenvalue weighted by Crippen LogP contribution is 2.69. The number of aliphatic hydroxyl groups is 1. The lowest BCUT2D eigenvalue weighted by molar-refractivity contribution is -0.154. The minimum absolute atomic E-state index is 0.0152. The summed E-state index contributed by atoms with van der Waals surface area (Å²) in [6.45, 7) is 12.2. The lowest BCUT2D eigenvalue weighted by atomic mass is 9.66. The average Bonchev–Trinajstić information content (AvgIpc) is 3.44. The van der Waals surface area contributed by atoms with E-state index in [4.69, 9.17) is 9.47 Å². The highest BCUT2D eigenvalue weighted by atomic mass is 32.2. The Morgan fingerprint density at radius 2 is 2.03 bits per heavy atom. The third-order valence-corrected chi connectivity index (χ3v) is 10.7. The lowest BCUT2D eigenvalue weighted by Crippen LogP contribution is -2.59. The Hall–Kier alpha value is -1.36. The third kappa shape index (κ3) is 4.49. The first-order valence-electron chi connectivity index (χ1n) is 13.2. The van der Waals surface area contributed by atoms with Crippen LogP contribution in [-0.2, 0) is 23.9 Å². The van der Waals surface area contributed by atoms with E-state index in [2.05, 4.69) is 17.1 Å². The van der Waals surface area contributed by atoms with Crippen molar-refractivity contribution in [3.05, 3.63) is 0 Å². The number of nitrogens with one attached hydrogen (secondary N) is 1. The van der Waals surface area contributed by atoms with Crippen LogP contribution in [0.3, 0.4) is 0 Å². The van der Waals surface area contributed by atoms with Crippen molar-refractivity contribution in [2.24, 2.45) is 23.7 Å². The Morgan fingerprint density at radius 1 is 1.31 bits per heavy atom. The maximum absolute atomic E-state index is 14.1. The molecule has 1 spiro atoms. The number of amides is 2. The Bertz CT molecular complexity index is 808. The molecule has 10 heteroatoms. The van der Waals surface area contributed by atoms with Crippen LogP contribution in [0.2, 0.25) is 0 Å². The van der Waals surface area contributed by atoms with E-state index in [1.54, 1.807) is 23.6 Å². The molecule has 9 nitrogen and oxygen atoms in total. The van der Waals surface area contributed by atoms with E-state index >= 15 is 0 Å². The number of morpholine rings is 1. The van der Waals surface area contributed by atoms with Crippen LogP contribution in [0.25, 0.3) is 0 Å². The van der Waals surface area contributed by atoms with Gasteiger partial charge in [0, 0.05) is 31.4 Å². The summed E-state index contributed by atoms with van der Waals surface area (Å²) in [4.78, 5) is 44.9. The molecular weight excluding hydrogens is 470 g/mol. The third-order valence-electron chi connectivity index (χ3n) is 8.67. The highest BCUT2D eigenvalue weighted by molar-refractivity contribution is 8.02. The van der Waals surface area contributed by atoms with Gasteiger partial charge in [0.05, 0.1) is 49.1 Å². The van der Waals surface area contributed by atoms with Gasteiger partial charge < -0.3 is 24.8 Å². The Balaban J connectivity index is 1.64. The SMILES string of the molecule is CCOC(=O)[C@@H]1[C@H]2C(=O)N([C@@H](CO)[C@@H](C)CC)C(C(=O)NCCN3CCOCC3)C23S[C@@H]1CC3C. The van der Waals surface area contributed by atoms with E-state index in [0.717, 1.165) is 32.5 Å². The van der Waals surface area contributed by atoms with E-state index in [-0.39, 0.29) is 48.1 Å². The van der Waals surface area contributed by atoms with Gasteiger partial charge in [0.1, 0.15) is 6.04 Å². The second kappa shape index (κ2) is 10.9. The van der Waals surface area contributed by atoms with E-state index in [1.807, 2.05) is 13.8 Å². The number of likely N-dealkylation sites (tertiary alicyclic amines) is 1. The monoisotopic (exact) mass is 511 g/mol. The number of nitrogens with zero attached hydrogens (tertiary/aromatic N) is 2. The summed E-state index contributed by atoms with van der Waals surface area (Å²) in [5.41, 5.74) is 0. The Labute approximate surface area is 212 Å². The van der Waals surface area contributed by atoms with Crippen LogP contribution in [0, 0.1) is 23.7 Å². The van der Waals surface area contributed by atoms with Crippen molar-refractivity contribution in [2.45, 2.75) is 62.6 Å². The molecule has 2 bridgehead atoms. The van der Waals surface area contributed by atoms with E-state index < -0.39 is 28.7 Å². The molecule has 0 radical (unpaired) electrons. The summed E-state index contributed by atoms with van der Waals surface area (Å²) in [6.07, 6.45) is 1.54. The van der Waals surface area contributed by atoms with Crippen molar-refractivity contribution in [3.63, 3.8) is 0 Å². The quantitative estimate of drug-likeness (QED) is 0.414. The molecule has 35 heavy (non-hydrogen) atoms. The first-order chi connectivity index (χ1) is 16.8. The van der Waals surface area contributed by atoms with Crippen LogP contribution in [0.15, 0.2) is 0 Å². The number of esters is 1. The predicted octanol–water partition coefficient (Wildman–Crippen LogP) is 0.742. The van der Waals surface area contributed by atoms with Crippen molar-refractivity contribution in [1.29, 1.82) is 0 Å². The number of hydrogen-bond acceptors (Lipinski definition) is 8.